The molecule has 2 amide bonds. The zero-order valence-corrected chi connectivity index (χ0v) is 12.1. The summed E-state index contributed by atoms with van der Waals surface area (Å²) >= 11 is 9.23. The van der Waals surface area contributed by atoms with Gasteiger partial charge in [0.2, 0.25) is 0 Å². The quantitative estimate of drug-likeness (QED) is 0.794. The Morgan fingerprint density at radius 1 is 1.44 bits per heavy atom. The molecule has 0 heterocycles. The second kappa shape index (κ2) is 6.06. The second-order valence-corrected chi connectivity index (χ2v) is 5.00. The monoisotopic (exact) mass is 334 g/mol. The van der Waals surface area contributed by atoms with Crippen LogP contribution in [0.15, 0.2) is 16.6 Å². The molecule has 98 valence electrons. The average Bonchev–Trinajstić information content (AvgIpc) is 2.25. The van der Waals surface area contributed by atoms with E-state index < -0.39 is 18.0 Å². The Bertz CT molecular complexity index is 493. The van der Waals surface area contributed by atoms with Crippen LogP contribution in [-0.2, 0) is 4.79 Å². The second-order valence-electron chi connectivity index (χ2n) is 3.74. The molecule has 5 nitrogen and oxygen atoms in total. The minimum Gasteiger partial charge on any atom is -0.480 e. The molecule has 1 aromatic rings. The molecule has 0 unspecified atom stereocenters. The summed E-state index contributed by atoms with van der Waals surface area (Å²) in [5.41, 5.74) is 1.34. The number of rotatable bonds is 3. The summed E-state index contributed by atoms with van der Waals surface area (Å²) in [6.07, 6.45) is 0. The van der Waals surface area contributed by atoms with E-state index in [0.29, 0.717) is 15.2 Å². The van der Waals surface area contributed by atoms with E-state index in [2.05, 4.69) is 26.6 Å². The molecule has 0 saturated carbocycles. The fraction of sp³-hybridized carbons (Fsp3) is 0.273. The molecule has 0 saturated heterocycles. The van der Waals surface area contributed by atoms with Crippen molar-refractivity contribution in [3.05, 3.63) is 27.2 Å². The van der Waals surface area contributed by atoms with Gasteiger partial charge in [0.05, 0.1) is 5.69 Å². The highest BCUT2D eigenvalue weighted by Gasteiger charge is 2.15. The zero-order chi connectivity index (χ0) is 13.9. The average molecular weight is 336 g/mol. The van der Waals surface area contributed by atoms with E-state index in [0.717, 1.165) is 5.56 Å². The van der Waals surface area contributed by atoms with Crippen molar-refractivity contribution < 1.29 is 14.7 Å². The summed E-state index contributed by atoms with van der Waals surface area (Å²) in [5, 5.41) is 14.0. The molecule has 0 aromatic heterocycles. The van der Waals surface area contributed by atoms with Gasteiger partial charge in [0.15, 0.2) is 0 Å². The third-order valence-electron chi connectivity index (χ3n) is 2.21. The maximum absolute atomic E-state index is 11.5. The maximum Gasteiger partial charge on any atom is 0.325 e. The van der Waals surface area contributed by atoms with Crippen LogP contribution >= 0.6 is 27.5 Å². The highest BCUT2D eigenvalue weighted by molar-refractivity contribution is 9.10. The fourth-order valence-corrected chi connectivity index (χ4v) is 1.88. The van der Waals surface area contributed by atoms with E-state index in [1.54, 1.807) is 12.1 Å². The van der Waals surface area contributed by atoms with Gasteiger partial charge in [-0.2, -0.15) is 0 Å². The zero-order valence-electron chi connectivity index (χ0n) is 9.75. The molecule has 0 aliphatic heterocycles. The number of hydrogen-bond acceptors (Lipinski definition) is 2. The van der Waals surface area contributed by atoms with Gasteiger partial charge in [-0.05, 0) is 47.5 Å². The molecule has 18 heavy (non-hydrogen) atoms. The van der Waals surface area contributed by atoms with Gasteiger partial charge in [0.25, 0.3) is 0 Å². The number of halogens is 2. The first kappa shape index (κ1) is 14.8. The van der Waals surface area contributed by atoms with Gasteiger partial charge in [-0.25, -0.2) is 4.79 Å². The summed E-state index contributed by atoms with van der Waals surface area (Å²) in [6.45, 7) is 3.21. The van der Waals surface area contributed by atoms with E-state index in [1.807, 2.05) is 6.92 Å². The number of carbonyl (C=O) groups excluding carboxylic acids is 1. The Kier molecular flexibility index (Phi) is 4.98. The first-order valence-corrected chi connectivity index (χ1v) is 6.24. The summed E-state index contributed by atoms with van der Waals surface area (Å²) in [5.74, 6) is -1.11. The van der Waals surface area contributed by atoms with E-state index in [9.17, 15) is 9.59 Å². The molecule has 0 radical (unpaired) electrons. The summed E-state index contributed by atoms with van der Waals surface area (Å²) in [4.78, 5) is 22.1. The van der Waals surface area contributed by atoms with Crippen LogP contribution in [0.2, 0.25) is 5.02 Å². The molecule has 0 aliphatic carbocycles. The van der Waals surface area contributed by atoms with E-state index in [1.165, 1.54) is 6.92 Å². The lowest BCUT2D eigenvalue weighted by molar-refractivity contribution is -0.138. The molecule has 0 aliphatic rings. The van der Waals surface area contributed by atoms with Crippen LogP contribution in [0, 0.1) is 6.92 Å². The standard InChI is InChI=1S/C11H12BrClN2O3/c1-5-3-7(12)9(4-8(5)13)15-11(18)14-6(2)10(16)17/h3-4,6H,1-2H3,(H,16,17)(H2,14,15,18)/t6-/m0/s1. The number of aliphatic carboxylic acids is 1. The summed E-state index contributed by atoms with van der Waals surface area (Å²) < 4.78 is 0.669. The molecular formula is C11H12BrClN2O3. The predicted octanol–water partition coefficient (Wildman–Crippen LogP) is 3.01. The Balaban J connectivity index is 2.76. The van der Waals surface area contributed by atoms with Crippen LogP contribution in [0.5, 0.6) is 0 Å². The number of urea groups is 1. The maximum atomic E-state index is 11.5. The number of carboxylic acids is 1. The molecule has 0 spiro atoms. The van der Waals surface area contributed by atoms with Crippen LogP contribution < -0.4 is 10.6 Å². The van der Waals surface area contributed by atoms with Crippen molar-refractivity contribution in [2.24, 2.45) is 0 Å². The number of carbonyl (C=O) groups is 2. The van der Waals surface area contributed by atoms with Gasteiger partial charge < -0.3 is 15.7 Å². The smallest absolute Gasteiger partial charge is 0.325 e. The molecular weight excluding hydrogens is 323 g/mol. The number of nitrogens with one attached hydrogen (secondary N) is 2. The van der Waals surface area contributed by atoms with Crippen LogP contribution in [0.25, 0.3) is 0 Å². The predicted molar refractivity (Wildman–Crippen MR) is 73.1 cm³/mol. The van der Waals surface area contributed by atoms with Crippen LogP contribution in [0.3, 0.4) is 0 Å². The lowest BCUT2D eigenvalue weighted by atomic mass is 10.2. The lowest BCUT2D eigenvalue weighted by Crippen LogP contribution is -2.40. The molecule has 1 aromatic carbocycles. The van der Waals surface area contributed by atoms with Gasteiger partial charge in [0, 0.05) is 9.50 Å². The van der Waals surface area contributed by atoms with Crippen molar-refractivity contribution in [1.29, 1.82) is 0 Å². The highest BCUT2D eigenvalue weighted by Crippen LogP contribution is 2.29. The Morgan fingerprint density at radius 3 is 2.61 bits per heavy atom. The van der Waals surface area contributed by atoms with E-state index in [4.69, 9.17) is 16.7 Å². The van der Waals surface area contributed by atoms with Crippen molar-refractivity contribution in [2.45, 2.75) is 19.9 Å². The minimum atomic E-state index is -1.11. The van der Waals surface area contributed by atoms with Crippen molar-refractivity contribution in [2.75, 3.05) is 5.32 Å². The Morgan fingerprint density at radius 2 is 2.06 bits per heavy atom. The van der Waals surface area contributed by atoms with Gasteiger partial charge >= 0.3 is 12.0 Å². The van der Waals surface area contributed by atoms with Crippen LogP contribution in [0.4, 0.5) is 10.5 Å². The van der Waals surface area contributed by atoms with Crippen LogP contribution in [0.1, 0.15) is 12.5 Å². The van der Waals surface area contributed by atoms with Crippen molar-refractivity contribution in [3.63, 3.8) is 0 Å². The normalized spacial score (nSPS) is 11.8. The molecule has 1 rings (SSSR count). The highest BCUT2D eigenvalue weighted by atomic mass is 79.9. The van der Waals surface area contributed by atoms with Gasteiger partial charge in [-0.15, -0.1) is 0 Å². The molecule has 1 atom stereocenters. The largest absolute Gasteiger partial charge is 0.480 e. The number of anilines is 1. The number of carboxylic acid groups (broad SMARTS) is 1. The summed E-state index contributed by atoms with van der Waals surface area (Å²) in [6, 6.07) is 1.78. The SMILES string of the molecule is Cc1cc(Br)c(NC(=O)N[C@@H](C)C(=O)O)cc1Cl. The van der Waals surface area contributed by atoms with E-state index in [-0.39, 0.29) is 0 Å². The fourth-order valence-electron chi connectivity index (χ4n) is 1.16. The molecule has 3 N–H and O–H groups in total. The topological polar surface area (TPSA) is 78.4 Å². The lowest BCUT2D eigenvalue weighted by Gasteiger charge is -2.12. The Hall–Kier alpha value is -1.27. The third-order valence-corrected chi connectivity index (χ3v) is 3.28. The van der Waals surface area contributed by atoms with Crippen molar-refractivity contribution in [1.82, 2.24) is 5.32 Å². The van der Waals surface area contributed by atoms with Gasteiger partial charge in [-0.3, -0.25) is 4.79 Å². The van der Waals surface area contributed by atoms with Crippen LogP contribution in [-0.4, -0.2) is 23.1 Å². The first-order chi connectivity index (χ1) is 8.31. The molecule has 7 heteroatoms. The first-order valence-electron chi connectivity index (χ1n) is 5.07. The number of benzene rings is 1. The number of aryl methyl sites for hydroxylation is 1. The minimum absolute atomic E-state index is 0.473. The van der Waals surface area contributed by atoms with Gasteiger partial charge in [0.1, 0.15) is 6.04 Å². The van der Waals surface area contributed by atoms with Gasteiger partial charge in [-0.1, -0.05) is 11.6 Å². The third kappa shape index (κ3) is 3.89. The van der Waals surface area contributed by atoms with Crippen molar-refractivity contribution in [3.8, 4) is 0 Å². The van der Waals surface area contributed by atoms with E-state index >= 15 is 0 Å². The Labute approximate surface area is 118 Å². The van der Waals surface area contributed by atoms with Crippen molar-refractivity contribution >= 4 is 45.2 Å². The summed E-state index contributed by atoms with van der Waals surface area (Å²) in [7, 11) is 0. The molecule has 0 fully saturated rings. The number of amides is 2. The number of hydrogen-bond donors (Lipinski definition) is 3. The molecule has 0 bridgehead atoms.